The van der Waals surface area contributed by atoms with Crippen molar-refractivity contribution in [2.75, 3.05) is 11.4 Å². The van der Waals surface area contributed by atoms with Crippen molar-refractivity contribution in [1.29, 1.82) is 0 Å². The topological polar surface area (TPSA) is 86.3 Å². The zero-order valence-electron chi connectivity index (χ0n) is 9.91. The number of rotatable bonds is 2. The van der Waals surface area contributed by atoms with Gasteiger partial charge in [-0.3, -0.25) is 9.59 Å². The van der Waals surface area contributed by atoms with Gasteiger partial charge >= 0.3 is 5.97 Å². The van der Waals surface area contributed by atoms with Gasteiger partial charge in [-0.2, -0.15) is 0 Å². The summed E-state index contributed by atoms with van der Waals surface area (Å²) in [6, 6.07) is 7.07. The maximum atomic E-state index is 12.3. The third kappa shape index (κ3) is 1.77. The van der Waals surface area contributed by atoms with Crippen LogP contribution in [0.25, 0.3) is 0 Å². The smallest absolute Gasteiger partial charge is 0.312 e. The summed E-state index contributed by atoms with van der Waals surface area (Å²) >= 11 is 0. The molecule has 2 aromatic rings. The Kier molecular flexibility index (Phi) is 2.56. The number of nitrogens with one attached hydrogen (secondary N) is 1. The third-order valence-corrected chi connectivity index (χ3v) is 3.24. The number of anilines is 1. The first-order valence-electron chi connectivity index (χ1n) is 5.80. The molecule has 0 aliphatic carbocycles. The van der Waals surface area contributed by atoms with Crippen molar-refractivity contribution in [2.45, 2.75) is 5.92 Å². The van der Waals surface area contributed by atoms with Crippen molar-refractivity contribution in [3.63, 3.8) is 0 Å². The summed E-state index contributed by atoms with van der Waals surface area (Å²) in [7, 11) is 0. The number of aromatic nitrogens is 2. The van der Waals surface area contributed by atoms with Crippen molar-refractivity contribution >= 4 is 17.6 Å². The Morgan fingerprint density at radius 3 is 2.84 bits per heavy atom. The number of imidazole rings is 1. The molecule has 2 heterocycles. The second-order valence-electron chi connectivity index (χ2n) is 4.33. The number of carbonyl (C=O) groups is 2. The van der Waals surface area contributed by atoms with Gasteiger partial charge in [-0.25, -0.2) is 4.98 Å². The monoisotopic (exact) mass is 257 g/mol. The van der Waals surface area contributed by atoms with E-state index in [2.05, 4.69) is 9.97 Å². The highest BCUT2D eigenvalue weighted by molar-refractivity contribution is 6.07. The number of hydrogen-bond donors (Lipinski definition) is 2. The predicted octanol–water partition coefficient (Wildman–Crippen LogP) is 1.24. The maximum Gasteiger partial charge on any atom is 0.312 e. The molecule has 1 atom stereocenters. The quantitative estimate of drug-likeness (QED) is 0.847. The molecule has 96 valence electrons. The van der Waals surface area contributed by atoms with E-state index < -0.39 is 11.9 Å². The van der Waals surface area contributed by atoms with Gasteiger partial charge in [0, 0.05) is 12.2 Å². The van der Waals surface area contributed by atoms with Gasteiger partial charge in [0.2, 0.25) is 0 Å². The summed E-state index contributed by atoms with van der Waals surface area (Å²) in [6.07, 6.45) is 2.85. The van der Waals surface area contributed by atoms with Crippen LogP contribution in [-0.2, 0) is 4.79 Å². The predicted molar refractivity (Wildman–Crippen MR) is 67.1 cm³/mol. The molecule has 3 rings (SSSR count). The first kappa shape index (κ1) is 11.5. The summed E-state index contributed by atoms with van der Waals surface area (Å²) < 4.78 is 0. The second-order valence-corrected chi connectivity index (χ2v) is 4.33. The fourth-order valence-corrected chi connectivity index (χ4v) is 2.33. The Balaban J connectivity index is 2.01. The average Bonchev–Trinajstić information content (AvgIpc) is 3.05. The summed E-state index contributed by atoms with van der Waals surface area (Å²) in [5, 5.41) is 9.23. The van der Waals surface area contributed by atoms with Crippen LogP contribution in [0, 0.1) is 0 Å². The standard InChI is InChI=1S/C13H11N3O3/c17-12(10-5-14-7-15-10)16-6-9(13(18)19)8-3-1-2-4-11(8)16/h1-5,7,9H,6H2,(H,14,15)(H,18,19). The number of carboxylic acid groups (broad SMARTS) is 1. The van der Waals surface area contributed by atoms with Crippen molar-refractivity contribution in [2.24, 2.45) is 0 Å². The number of amides is 1. The van der Waals surface area contributed by atoms with E-state index in [-0.39, 0.29) is 12.5 Å². The molecule has 1 unspecified atom stereocenters. The Morgan fingerprint density at radius 1 is 1.37 bits per heavy atom. The van der Waals surface area contributed by atoms with Crippen LogP contribution in [0.3, 0.4) is 0 Å². The van der Waals surface area contributed by atoms with E-state index in [0.717, 1.165) is 0 Å². The number of aromatic amines is 1. The number of carboxylic acids is 1. The molecule has 1 aliphatic rings. The highest BCUT2D eigenvalue weighted by atomic mass is 16.4. The van der Waals surface area contributed by atoms with E-state index in [1.165, 1.54) is 17.4 Å². The van der Waals surface area contributed by atoms with E-state index in [9.17, 15) is 14.7 Å². The fourth-order valence-electron chi connectivity index (χ4n) is 2.33. The van der Waals surface area contributed by atoms with Gasteiger partial charge < -0.3 is 15.0 Å². The van der Waals surface area contributed by atoms with Crippen molar-refractivity contribution in [3.8, 4) is 0 Å². The lowest BCUT2D eigenvalue weighted by Gasteiger charge is -2.16. The summed E-state index contributed by atoms with van der Waals surface area (Å²) in [4.78, 5) is 31.6. The van der Waals surface area contributed by atoms with Gasteiger partial charge in [-0.1, -0.05) is 18.2 Å². The molecule has 0 spiro atoms. The number of fused-ring (bicyclic) bond motifs is 1. The van der Waals surface area contributed by atoms with Crippen molar-refractivity contribution in [1.82, 2.24) is 9.97 Å². The summed E-state index contributed by atoms with van der Waals surface area (Å²) in [6.45, 7) is 0.145. The first-order chi connectivity index (χ1) is 9.18. The number of H-pyrrole nitrogens is 1. The normalized spacial score (nSPS) is 17.3. The molecule has 6 nitrogen and oxygen atoms in total. The van der Waals surface area contributed by atoms with Crippen LogP contribution < -0.4 is 4.90 Å². The van der Waals surface area contributed by atoms with Crippen LogP contribution in [0.1, 0.15) is 22.0 Å². The first-order valence-corrected chi connectivity index (χ1v) is 5.80. The summed E-state index contributed by atoms with van der Waals surface area (Å²) in [5.41, 5.74) is 1.67. The van der Waals surface area contributed by atoms with Crippen molar-refractivity contribution < 1.29 is 14.7 Å². The van der Waals surface area contributed by atoms with Gasteiger partial charge in [0.05, 0.1) is 12.5 Å². The largest absolute Gasteiger partial charge is 0.481 e. The molecule has 0 fully saturated rings. The lowest BCUT2D eigenvalue weighted by atomic mass is 10.0. The number of para-hydroxylation sites is 1. The van der Waals surface area contributed by atoms with Gasteiger partial charge in [-0.15, -0.1) is 0 Å². The number of nitrogens with zero attached hydrogens (tertiary/aromatic N) is 2. The minimum Gasteiger partial charge on any atom is -0.481 e. The molecule has 1 aromatic carbocycles. The van der Waals surface area contributed by atoms with Crippen LogP contribution >= 0.6 is 0 Å². The Hall–Kier alpha value is -2.63. The number of aliphatic carboxylic acids is 1. The molecule has 0 radical (unpaired) electrons. The molecule has 1 aliphatic heterocycles. The highest BCUT2D eigenvalue weighted by Crippen LogP contribution is 2.36. The minimum absolute atomic E-state index is 0.145. The van der Waals surface area contributed by atoms with Crippen LogP contribution in [0.4, 0.5) is 5.69 Å². The number of benzene rings is 1. The molecule has 2 N–H and O–H groups in total. The molecule has 0 saturated heterocycles. The number of hydrogen-bond acceptors (Lipinski definition) is 3. The molecule has 6 heteroatoms. The molecule has 1 aromatic heterocycles. The maximum absolute atomic E-state index is 12.3. The number of carbonyl (C=O) groups excluding carboxylic acids is 1. The zero-order chi connectivity index (χ0) is 13.4. The van der Waals surface area contributed by atoms with Gasteiger partial charge in [0.15, 0.2) is 0 Å². The van der Waals surface area contributed by atoms with Crippen LogP contribution in [0.5, 0.6) is 0 Å². The lowest BCUT2D eigenvalue weighted by molar-refractivity contribution is -0.138. The van der Waals surface area contributed by atoms with E-state index in [0.29, 0.717) is 16.9 Å². The average molecular weight is 257 g/mol. The second kappa shape index (κ2) is 4.24. The summed E-state index contributed by atoms with van der Waals surface area (Å²) in [5.74, 6) is -1.87. The highest BCUT2D eigenvalue weighted by Gasteiger charge is 2.36. The molecule has 19 heavy (non-hydrogen) atoms. The molecular formula is C13H11N3O3. The molecule has 1 amide bonds. The Labute approximate surface area is 108 Å². The van der Waals surface area contributed by atoms with Crippen LogP contribution in [-0.4, -0.2) is 33.5 Å². The van der Waals surface area contributed by atoms with E-state index in [4.69, 9.17) is 0 Å². The fraction of sp³-hybridized carbons (Fsp3) is 0.154. The van der Waals surface area contributed by atoms with Crippen LogP contribution in [0.2, 0.25) is 0 Å². The van der Waals surface area contributed by atoms with Gasteiger partial charge in [0.25, 0.3) is 5.91 Å². The zero-order valence-corrected chi connectivity index (χ0v) is 9.91. The minimum atomic E-state index is -0.924. The SMILES string of the molecule is O=C(O)C1CN(C(=O)c2cnc[nH]2)c2ccccc21. The molecular weight excluding hydrogens is 246 g/mol. The van der Waals surface area contributed by atoms with Crippen molar-refractivity contribution in [3.05, 3.63) is 48.0 Å². The molecule has 0 bridgehead atoms. The Morgan fingerprint density at radius 2 is 2.16 bits per heavy atom. The Bertz CT molecular complexity index is 636. The van der Waals surface area contributed by atoms with Gasteiger partial charge in [0.1, 0.15) is 11.6 Å². The molecule has 0 saturated carbocycles. The lowest BCUT2D eigenvalue weighted by Crippen LogP contribution is -2.31. The van der Waals surface area contributed by atoms with E-state index in [1.54, 1.807) is 24.3 Å². The third-order valence-electron chi connectivity index (χ3n) is 3.24. The van der Waals surface area contributed by atoms with E-state index >= 15 is 0 Å². The van der Waals surface area contributed by atoms with Crippen LogP contribution in [0.15, 0.2) is 36.8 Å². The van der Waals surface area contributed by atoms with E-state index in [1.807, 2.05) is 0 Å². The van der Waals surface area contributed by atoms with Gasteiger partial charge in [-0.05, 0) is 11.6 Å².